The fourth-order valence-electron chi connectivity index (χ4n) is 0.877. The Morgan fingerprint density at radius 1 is 1.64 bits per heavy atom. The van der Waals surface area contributed by atoms with Crippen molar-refractivity contribution in [2.24, 2.45) is 11.7 Å². The number of carbonyl (C=O) groups is 1. The smallest absolute Gasteiger partial charge is 0.303 e. The van der Waals surface area contributed by atoms with E-state index >= 15 is 0 Å². The molecule has 66 valence electrons. The largest absolute Gasteiger partial charge is 0.481 e. The molecule has 0 saturated carbocycles. The molecule has 0 aromatic heterocycles. The Hall–Kier alpha value is -0.570. The molecule has 0 bridgehead atoms. The van der Waals surface area contributed by atoms with E-state index in [4.69, 9.17) is 10.8 Å². The second kappa shape index (κ2) is 5.13. The number of rotatable bonds is 5. The highest BCUT2D eigenvalue weighted by atomic mass is 16.4. The van der Waals surface area contributed by atoms with Gasteiger partial charge in [0, 0.05) is 12.5 Å². The van der Waals surface area contributed by atoms with Gasteiger partial charge in [-0.2, -0.15) is 0 Å². The van der Waals surface area contributed by atoms with Crippen molar-refractivity contribution in [2.45, 2.75) is 39.2 Å². The molecule has 0 fully saturated rings. The maximum absolute atomic E-state index is 10.2. The minimum Gasteiger partial charge on any atom is -0.481 e. The highest BCUT2D eigenvalue weighted by Crippen LogP contribution is 2.09. The van der Waals surface area contributed by atoms with Gasteiger partial charge >= 0.3 is 5.97 Å². The van der Waals surface area contributed by atoms with E-state index in [0.717, 1.165) is 6.42 Å². The van der Waals surface area contributed by atoms with Crippen LogP contribution in [-0.2, 0) is 4.79 Å². The van der Waals surface area contributed by atoms with E-state index in [0.29, 0.717) is 12.3 Å². The van der Waals surface area contributed by atoms with Gasteiger partial charge < -0.3 is 10.8 Å². The second-order valence-corrected chi connectivity index (χ2v) is 2.98. The van der Waals surface area contributed by atoms with Crippen LogP contribution in [0.25, 0.3) is 0 Å². The van der Waals surface area contributed by atoms with Gasteiger partial charge in [0.15, 0.2) is 0 Å². The van der Waals surface area contributed by atoms with Gasteiger partial charge in [-0.3, -0.25) is 4.79 Å². The molecular formula is C8H17NO2. The van der Waals surface area contributed by atoms with Crippen LogP contribution in [0.15, 0.2) is 0 Å². The van der Waals surface area contributed by atoms with Crippen LogP contribution in [0.4, 0.5) is 0 Å². The Morgan fingerprint density at radius 3 is 2.55 bits per heavy atom. The van der Waals surface area contributed by atoms with Crippen LogP contribution in [0.2, 0.25) is 0 Å². The summed E-state index contributed by atoms with van der Waals surface area (Å²) >= 11 is 0. The number of carboxylic acids is 1. The summed E-state index contributed by atoms with van der Waals surface area (Å²) in [5.41, 5.74) is 5.71. The number of aliphatic carboxylic acids is 1. The summed E-state index contributed by atoms with van der Waals surface area (Å²) < 4.78 is 0. The zero-order chi connectivity index (χ0) is 8.85. The standard InChI is InChI=1S/C8H17NO2/c1-3-6(2)7(9)4-5-8(10)11/h6-7H,3-5,9H2,1-2H3,(H,10,11)/t6-,7-/m1/s1. The first-order chi connectivity index (χ1) is 5.07. The Bertz CT molecular complexity index is 125. The molecule has 0 aromatic rings. The predicted octanol–water partition coefficient (Wildman–Crippen LogP) is 1.22. The topological polar surface area (TPSA) is 63.3 Å². The molecule has 0 spiro atoms. The van der Waals surface area contributed by atoms with Gasteiger partial charge in [0.05, 0.1) is 0 Å². The lowest BCUT2D eigenvalue weighted by Gasteiger charge is -2.16. The molecule has 3 N–H and O–H groups in total. The van der Waals surface area contributed by atoms with Crippen LogP contribution >= 0.6 is 0 Å². The molecule has 11 heavy (non-hydrogen) atoms. The number of hydrogen-bond acceptors (Lipinski definition) is 2. The molecule has 0 rings (SSSR count). The van der Waals surface area contributed by atoms with Crippen LogP contribution < -0.4 is 5.73 Å². The van der Waals surface area contributed by atoms with E-state index in [1.165, 1.54) is 0 Å². The fourth-order valence-corrected chi connectivity index (χ4v) is 0.877. The average Bonchev–Trinajstić information content (AvgIpc) is 1.98. The van der Waals surface area contributed by atoms with Gasteiger partial charge in [-0.1, -0.05) is 20.3 Å². The van der Waals surface area contributed by atoms with Crippen molar-refractivity contribution in [1.82, 2.24) is 0 Å². The Balaban J connectivity index is 3.51. The predicted molar refractivity (Wildman–Crippen MR) is 44.3 cm³/mol. The zero-order valence-corrected chi connectivity index (χ0v) is 7.21. The van der Waals surface area contributed by atoms with Gasteiger partial charge in [-0.25, -0.2) is 0 Å². The average molecular weight is 159 g/mol. The first kappa shape index (κ1) is 10.4. The molecule has 0 heterocycles. The normalized spacial score (nSPS) is 15.9. The van der Waals surface area contributed by atoms with Crippen molar-refractivity contribution in [3.63, 3.8) is 0 Å². The first-order valence-electron chi connectivity index (χ1n) is 4.05. The van der Waals surface area contributed by atoms with E-state index in [9.17, 15) is 4.79 Å². The summed E-state index contributed by atoms with van der Waals surface area (Å²) in [7, 11) is 0. The summed E-state index contributed by atoms with van der Waals surface area (Å²) in [4.78, 5) is 10.2. The zero-order valence-electron chi connectivity index (χ0n) is 7.21. The summed E-state index contributed by atoms with van der Waals surface area (Å²) in [5.74, 6) is -0.335. The lowest BCUT2D eigenvalue weighted by molar-refractivity contribution is -0.137. The molecule has 3 heteroatoms. The van der Waals surface area contributed by atoms with Crippen molar-refractivity contribution < 1.29 is 9.90 Å². The summed E-state index contributed by atoms with van der Waals surface area (Å²) in [6.45, 7) is 4.11. The van der Waals surface area contributed by atoms with Crippen molar-refractivity contribution >= 4 is 5.97 Å². The van der Waals surface area contributed by atoms with Gasteiger partial charge in [0.1, 0.15) is 0 Å². The van der Waals surface area contributed by atoms with E-state index < -0.39 is 5.97 Å². The number of carboxylic acid groups (broad SMARTS) is 1. The van der Waals surface area contributed by atoms with Gasteiger partial charge in [-0.15, -0.1) is 0 Å². The Morgan fingerprint density at radius 2 is 2.18 bits per heavy atom. The SMILES string of the molecule is CC[C@@H](C)[C@H](N)CCC(=O)O. The molecule has 2 atom stereocenters. The summed E-state index contributed by atoms with van der Waals surface area (Å²) in [5, 5.41) is 8.36. The Labute approximate surface area is 67.6 Å². The monoisotopic (exact) mass is 159 g/mol. The van der Waals surface area contributed by atoms with Gasteiger partial charge in [0.2, 0.25) is 0 Å². The van der Waals surface area contributed by atoms with Crippen molar-refractivity contribution in [3.8, 4) is 0 Å². The van der Waals surface area contributed by atoms with Crippen LogP contribution in [0.3, 0.4) is 0 Å². The maximum atomic E-state index is 10.2. The highest BCUT2D eigenvalue weighted by molar-refractivity contribution is 5.66. The molecular weight excluding hydrogens is 142 g/mol. The molecule has 0 saturated heterocycles. The second-order valence-electron chi connectivity index (χ2n) is 2.98. The van der Waals surface area contributed by atoms with Crippen molar-refractivity contribution in [1.29, 1.82) is 0 Å². The van der Waals surface area contributed by atoms with Crippen molar-refractivity contribution in [3.05, 3.63) is 0 Å². The molecule has 0 radical (unpaired) electrons. The number of hydrogen-bond donors (Lipinski definition) is 2. The number of nitrogens with two attached hydrogens (primary N) is 1. The summed E-state index contributed by atoms with van der Waals surface area (Å²) in [6, 6.07) is 0.0381. The van der Waals surface area contributed by atoms with Crippen molar-refractivity contribution in [2.75, 3.05) is 0 Å². The third-order valence-corrected chi connectivity index (χ3v) is 2.07. The molecule has 0 aliphatic rings. The Kier molecular flexibility index (Phi) is 4.86. The third kappa shape index (κ3) is 4.79. The van der Waals surface area contributed by atoms with Crippen LogP contribution in [0.1, 0.15) is 33.1 Å². The lowest BCUT2D eigenvalue weighted by atomic mass is 9.96. The van der Waals surface area contributed by atoms with E-state index in [2.05, 4.69) is 6.92 Å². The third-order valence-electron chi connectivity index (χ3n) is 2.07. The minimum absolute atomic E-state index is 0.0381. The van der Waals surface area contributed by atoms with Crippen LogP contribution in [0, 0.1) is 5.92 Å². The minimum atomic E-state index is -0.760. The van der Waals surface area contributed by atoms with Gasteiger partial charge in [-0.05, 0) is 12.3 Å². The van der Waals surface area contributed by atoms with Crippen LogP contribution in [0.5, 0.6) is 0 Å². The molecule has 3 nitrogen and oxygen atoms in total. The summed E-state index contributed by atoms with van der Waals surface area (Å²) in [6.07, 6.45) is 1.79. The van der Waals surface area contributed by atoms with E-state index in [1.54, 1.807) is 0 Å². The van der Waals surface area contributed by atoms with E-state index in [-0.39, 0.29) is 12.5 Å². The maximum Gasteiger partial charge on any atom is 0.303 e. The molecule has 0 aliphatic carbocycles. The van der Waals surface area contributed by atoms with Crippen LogP contribution in [-0.4, -0.2) is 17.1 Å². The molecule has 0 aliphatic heterocycles. The molecule has 0 amide bonds. The molecule has 0 aromatic carbocycles. The lowest BCUT2D eigenvalue weighted by Crippen LogP contribution is -2.28. The first-order valence-corrected chi connectivity index (χ1v) is 4.05. The molecule has 0 unspecified atom stereocenters. The van der Waals surface area contributed by atoms with E-state index in [1.807, 2.05) is 6.92 Å². The quantitative estimate of drug-likeness (QED) is 0.634. The van der Waals surface area contributed by atoms with Gasteiger partial charge in [0.25, 0.3) is 0 Å². The highest BCUT2D eigenvalue weighted by Gasteiger charge is 2.11. The fraction of sp³-hybridized carbons (Fsp3) is 0.875.